The first-order valence-corrected chi connectivity index (χ1v) is 7.64. The van der Waals surface area contributed by atoms with Crippen molar-refractivity contribution in [2.24, 2.45) is 5.11 Å². The predicted molar refractivity (Wildman–Crippen MR) is 84.8 cm³/mol. The molecule has 1 amide bonds. The van der Waals surface area contributed by atoms with Crippen LogP contribution in [-0.2, 0) is 23.9 Å². The van der Waals surface area contributed by atoms with Gasteiger partial charge in [0.25, 0.3) is 0 Å². The minimum absolute atomic E-state index is 0.758. The first kappa shape index (κ1) is 22.6. The molecular weight excluding hydrogens is 368 g/mol. The lowest BCUT2D eigenvalue weighted by Crippen LogP contribution is -2.83. The van der Waals surface area contributed by atoms with Gasteiger partial charge in [-0.2, -0.15) is 0 Å². The number of ether oxygens (including phenoxy) is 1. The predicted octanol–water partition coefficient (Wildman–Crippen LogP) is -2.91. The SMILES string of the molecule is CC(=O)C(O)[C@H]1OC(O)[C@@H](NC(=O)CN=[N+]=[N-])[C@](O)(C(C)=O)[C@@]1(O)C(C)=O. The number of aliphatic hydroxyl groups excluding tert-OH is 2. The van der Waals surface area contributed by atoms with Gasteiger partial charge in [-0.3, -0.25) is 19.2 Å². The molecule has 1 aliphatic heterocycles. The van der Waals surface area contributed by atoms with Crippen LogP contribution in [-0.4, -0.2) is 86.0 Å². The second-order valence-corrected chi connectivity index (χ2v) is 6.08. The van der Waals surface area contributed by atoms with E-state index in [0.717, 1.165) is 20.8 Å². The number of ketones is 3. The molecule has 0 aromatic carbocycles. The zero-order valence-electron chi connectivity index (χ0n) is 14.7. The maximum Gasteiger partial charge on any atom is 0.226 e. The average molecular weight is 388 g/mol. The molecule has 27 heavy (non-hydrogen) atoms. The number of nitrogens with zero attached hydrogens (tertiary/aromatic N) is 3. The Labute approximate surface area is 152 Å². The van der Waals surface area contributed by atoms with Crippen LogP contribution in [0.3, 0.4) is 0 Å². The monoisotopic (exact) mass is 388 g/mol. The number of carbonyl (C=O) groups is 4. The third kappa shape index (κ3) is 3.69. The lowest BCUT2D eigenvalue weighted by Gasteiger charge is -2.54. The molecule has 0 saturated carbocycles. The third-order valence-corrected chi connectivity index (χ3v) is 4.38. The number of azide groups is 1. The lowest BCUT2D eigenvalue weighted by molar-refractivity contribution is -0.313. The van der Waals surface area contributed by atoms with Gasteiger partial charge >= 0.3 is 0 Å². The summed E-state index contributed by atoms with van der Waals surface area (Å²) in [6.45, 7) is 1.62. The summed E-state index contributed by atoms with van der Waals surface area (Å²) in [4.78, 5) is 50.0. The molecule has 0 bridgehead atoms. The van der Waals surface area contributed by atoms with Gasteiger partial charge in [-0.05, 0) is 26.3 Å². The highest BCUT2D eigenvalue weighted by atomic mass is 16.6. The number of hydrogen-bond acceptors (Lipinski definition) is 10. The fraction of sp³-hybridized carbons (Fsp3) is 0.714. The van der Waals surface area contributed by atoms with E-state index in [-0.39, 0.29) is 0 Å². The van der Waals surface area contributed by atoms with Crippen LogP contribution in [0.5, 0.6) is 0 Å². The molecule has 13 nitrogen and oxygen atoms in total. The number of carbonyl (C=O) groups excluding carboxylic acids is 4. The minimum atomic E-state index is -3.19. The normalized spacial score (nSPS) is 34.1. The minimum Gasteiger partial charge on any atom is -0.382 e. The molecule has 6 atom stereocenters. The van der Waals surface area contributed by atoms with Gasteiger partial charge in [0.15, 0.2) is 34.8 Å². The van der Waals surface area contributed by atoms with E-state index in [1.165, 1.54) is 0 Å². The van der Waals surface area contributed by atoms with E-state index in [2.05, 4.69) is 10.0 Å². The largest absolute Gasteiger partial charge is 0.382 e. The Morgan fingerprint density at radius 3 is 2.11 bits per heavy atom. The summed E-state index contributed by atoms with van der Waals surface area (Å²) in [6, 6.07) is -2.08. The standard InChI is InChI=1S/C14H20N4O9/c1-5(19)9(23)11-14(26,7(3)21)13(25,6(2)20)10(12(24)27-11)17-8(22)4-16-18-15/h9-12,23-26H,4H2,1-3H3,(H,17,22)/t9?,10-,11-,12?,13-,14-/m1/s1. The molecule has 0 aliphatic carbocycles. The molecule has 0 radical (unpaired) electrons. The van der Waals surface area contributed by atoms with Crippen molar-refractivity contribution >= 4 is 23.3 Å². The topological polar surface area (TPSA) is 219 Å². The summed E-state index contributed by atoms with van der Waals surface area (Å²) in [7, 11) is 0. The first-order valence-electron chi connectivity index (χ1n) is 7.64. The molecule has 1 fully saturated rings. The van der Waals surface area contributed by atoms with Crippen LogP contribution in [0.25, 0.3) is 10.4 Å². The van der Waals surface area contributed by atoms with E-state index in [4.69, 9.17) is 10.3 Å². The van der Waals surface area contributed by atoms with Crippen LogP contribution >= 0.6 is 0 Å². The Hall–Kier alpha value is -2.41. The summed E-state index contributed by atoms with van der Waals surface area (Å²) in [5.41, 5.74) is 1.85. The fourth-order valence-corrected chi connectivity index (χ4v) is 2.95. The molecule has 5 N–H and O–H groups in total. The molecule has 1 heterocycles. The van der Waals surface area contributed by atoms with E-state index in [9.17, 15) is 39.6 Å². The highest BCUT2D eigenvalue weighted by Gasteiger charge is 2.71. The maximum atomic E-state index is 12.2. The highest BCUT2D eigenvalue weighted by molar-refractivity contribution is 6.00. The summed E-state index contributed by atoms with van der Waals surface area (Å²) in [5.74, 6) is -4.59. The van der Waals surface area contributed by atoms with Crippen LogP contribution in [0.15, 0.2) is 5.11 Å². The Morgan fingerprint density at radius 2 is 1.70 bits per heavy atom. The number of amides is 1. The fourth-order valence-electron chi connectivity index (χ4n) is 2.95. The highest BCUT2D eigenvalue weighted by Crippen LogP contribution is 2.40. The van der Waals surface area contributed by atoms with Gasteiger partial charge < -0.3 is 30.5 Å². The number of rotatable bonds is 7. The van der Waals surface area contributed by atoms with E-state index < -0.39 is 65.5 Å². The molecule has 0 spiro atoms. The number of nitrogens with one attached hydrogen (secondary N) is 1. The average Bonchev–Trinajstić information content (AvgIpc) is 2.58. The summed E-state index contributed by atoms with van der Waals surface area (Å²) in [5, 5.41) is 46.9. The van der Waals surface area contributed by atoms with Crippen LogP contribution in [0, 0.1) is 0 Å². The van der Waals surface area contributed by atoms with Crippen LogP contribution in [0.2, 0.25) is 0 Å². The van der Waals surface area contributed by atoms with E-state index in [0.29, 0.717) is 0 Å². The van der Waals surface area contributed by atoms with E-state index in [1.807, 2.05) is 5.32 Å². The quantitative estimate of drug-likeness (QED) is 0.171. The molecule has 150 valence electrons. The molecule has 1 rings (SSSR count). The van der Waals surface area contributed by atoms with Gasteiger partial charge in [-0.1, -0.05) is 5.11 Å². The summed E-state index contributed by atoms with van der Waals surface area (Å²) < 4.78 is 4.93. The van der Waals surface area contributed by atoms with Crippen molar-refractivity contribution in [2.75, 3.05) is 6.54 Å². The van der Waals surface area contributed by atoms with Crippen molar-refractivity contribution in [3.63, 3.8) is 0 Å². The van der Waals surface area contributed by atoms with Crippen molar-refractivity contribution in [3.8, 4) is 0 Å². The number of aliphatic hydroxyl groups is 4. The Morgan fingerprint density at radius 1 is 1.19 bits per heavy atom. The van der Waals surface area contributed by atoms with Crippen molar-refractivity contribution in [1.29, 1.82) is 0 Å². The molecule has 2 unspecified atom stereocenters. The van der Waals surface area contributed by atoms with Gasteiger partial charge in [0.05, 0.1) is 0 Å². The van der Waals surface area contributed by atoms with Gasteiger partial charge in [0, 0.05) is 4.91 Å². The molecule has 13 heteroatoms. The molecule has 0 aromatic rings. The number of Topliss-reactive ketones (excluding diaryl/α,β-unsaturated/α-hetero) is 3. The number of hydrogen-bond donors (Lipinski definition) is 5. The molecule has 1 saturated heterocycles. The van der Waals surface area contributed by atoms with Crippen molar-refractivity contribution in [1.82, 2.24) is 5.32 Å². The zero-order valence-corrected chi connectivity index (χ0v) is 14.7. The second-order valence-electron chi connectivity index (χ2n) is 6.08. The summed E-state index contributed by atoms with van der Waals surface area (Å²) in [6.07, 6.45) is -6.60. The Balaban J connectivity index is 3.55. The zero-order chi connectivity index (χ0) is 21.2. The van der Waals surface area contributed by atoms with Gasteiger partial charge in [0.2, 0.25) is 5.91 Å². The molecule has 0 aromatic heterocycles. The van der Waals surface area contributed by atoms with Gasteiger partial charge in [0.1, 0.15) is 24.8 Å². The molecular formula is C14H20N4O9. The smallest absolute Gasteiger partial charge is 0.226 e. The van der Waals surface area contributed by atoms with Gasteiger partial charge in [-0.25, -0.2) is 0 Å². The van der Waals surface area contributed by atoms with Crippen LogP contribution < -0.4 is 5.32 Å². The Kier molecular flexibility index (Phi) is 6.78. The third-order valence-electron chi connectivity index (χ3n) is 4.38. The Bertz CT molecular complexity index is 707. The van der Waals surface area contributed by atoms with Gasteiger partial charge in [-0.15, -0.1) is 0 Å². The lowest BCUT2D eigenvalue weighted by atomic mass is 9.66. The maximum absolute atomic E-state index is 12.2. The van der Waals surface area contributed by atoms with Crippen molar-refractivity contribution < 1.29 is 44.3 Å². The summed E-state index contributed by atoms with van der Waals surface area (Å²) >= 11 is 0. The van der Waals surface area contributed by atoms with Crippen LogP contribution in [0.4, 0.5) is 0 Å². The van der Waals surface area contributed by atoms with E-state index in [1.54, 1.807) is 0 Å². The van der Waals surface area contributed by atoms with Crippen molar-refractivity contribution in [2.45, 2.75) is 56.5 Å². The second kappa shape index (κ2) is 8.08. The van der Waals surface area contributed by atoms with Crippen molar-refractivity contribution in [3.05, 3.63) is 10.4 Å². The van der Waals surface area contributed by atoms with Crippen LogP contribution in [0.1, 0.15) is 20.8 Å². The first-order chi connectivity index (χ1) is 12.3. The van der Waals surface area contributed by atoms with E-state index >= 15 is 0 Å². The molecule has 1 aliphatic rings.